The lowest BCUT2D eigenvalue weighted by Crippen LogP contribution is -2.14. The van der Waals surface area contributed by atoms with E-state index in [1.165, 1.54) is 0 Å². The molecular formula is C16H16ClN3OS. The number of hydrogen-bond acceptors (Lipinski definition) is 5. The fourth-order valence-electron chi connectivity index (χ4n) is 2.24. The van der Waals surface area contributed by atoms with Crippen LogP contribution in [0.15, 0.2) is 35.7 Å². The summed E-state index contributed by atoms with van der Waals surface area (Å²) in [5.74, 6) is 1.55. The van der Waals surface area contributed by atoms with E-state index >= 15 is 0 Å². The number of halogens is 1. The molecule has 0 aliphatic rings. The summed E-state index contributed by atoms with van der Waals surface area (Å²) >= 11 is 7.70. The standard InChI is InChI=1S/C16H16ClN3OS/c1-2-14-19-15(11-7-8-22-16(11)20-14)18-9-13(21)10-5-3-4-6-12(10)17/h3-8,13,21H,2,9H2,1H3,(H,18,19,20). The van der Waals surface area contributed by atoms with E-state index in [1.807, 2.05) is 36.6 Å². The largest absolute Gasteiger partial charge is 0.387 e. The van der Waals surface area contributed by atoms with Gasteiger partial charge in [-0.05, 0) is 17.5 Å². The number of thiophene rings is 1. The van der Waals surface area contributed by atoms with Crippen LogP contribution < -0.4 is 5.32 Å². The van der Waals surface area contributed by atoms with Crippen LogP contribution in [0.3, 0.4) is 0 Å². The third-order valence-corrected chi connectivity index (χ3v) is 4.57. The van der Waals surface area contributed by atoms with Crippen molar-refractivity contribution in [2.75, 3.05) is 11.9 Å². The van der Waals surface area contributed by atoms with E-state index in [2.05, 4.69) is 15.3 Å². The van der Waals surface area contributed by atoms with Crippen molar-refractivity contribution in [2.45, 2.75) is 19.4 Å². The fraction of sp³-hybridized carbons (Fsp3) is 0.250. The van der Waals surface area contributed by atoms with Crippen LogP contribution in [0.5, 0.6) is 0 Å². The molecule has 6 heteroatoms. The van der Waals surface area contributed by atoms with Crippen molar-refractivity contribution in [3.8, 4) is 0 Å². The van der Waals surface area contributed by atoms with Crippen molar-refractivity contribution in [3.05, 3.63) is 52.1 Å². The van der Waals surface area contributed by atoms with Crippen molar-refractivity contribution in [3.63, 3.8) is 0 Å². The number of benzene rings is 1. The Labute approximate surface area is 137 Å². The second-order valence-corrected chi connectivity index (χ2v) is 6.20. The van der Waals surface area contributed by atoms with Gasteiger partial charge in [-0.1, -0.05) is 36.7 Å². The van der Waals surface area contributed by atoms with E-state index < -0.39 is 6.10 Å². The van der Waals surface area contributed by atoms with Crippen LogP contribution in [0.4, 0.5) is 5.82 Å². The molecule has 0 aliphatic heterocycles. The summed E-state index contributed by atoms with van der Waals surface area (Å²) in [5.41, 5.74) is 0.711. The van der Waals surface area contributed by atoms with Gasteiger partial charge in [-0.3, -0.25) is 0 Å². The highest BCUT2D eigenvalue weighted by Gasteiger charge is 2.13. The number of anilines is 1. The van der Waals surface area contributed by atoms with Crippen LogP contribution in [-0.4, -0.2) is 21.6 Å². The first-order chi connectivity index (χ1) is 10.7. The molecule has 0 saturated carbocycles. The topological polar surface area (TPSA) is 58.0 Å². The number of hydrogen-bond donors (Lipinski definition) is 2. The molecule has 4 nitrogen and oxygen atoms in total. The summed E-state index contributed by atoms with van der Waals surface area (Å²) < 4.78 is 0. The zero-order chi connectivity index (χ0) is 15.5. The van der Waals surface area contributed by atoms with E-state index in [-0.39, 0.29) is 0 Å². The molecule has 2 heterocycles. The lowest BCUT2D eigenvalue weighted by Gasteiger charge is -2.15. The Bertz CT molecular complexity index is 790. The fourth-order valence-corrected chi connectivity index (χ4v) is 3.29. The Kier molecular flexibility index (Phi) is 4.57. The number of nitrogens with zero attached hydrogens (tertiary/aromatic N) is 2. The summed E-state index contributed by atoms with van der Waals surface area (Å²) in [6, 6.07) is 9.30. The molecule has 3 rings (SSSR count). The van der Waals surface area contributed by atoms with E-state index in [4.69, 9.17) is 11.6 Å². The summed E-state index contributed by atoms with van der Waals surface area (Å²) in [4.78, 5) is 9.98. The normalized spacial score (nSPS) is 12.5. The van der Waals surface area contributed by atoms with E-state index in [9.17, 15) is 5.11 Å². The third-order valence-electron chi connectivity index (χ3n) is 3.41. The maximum Gasteiger partial charge on any atom is 0.138 e. The molecule has 1 unspecified atom stereocenters. The molecule has 0 saturated heterocycles. The van der Waals surface area contributed by atoms with Gasteiger partial charge in [0.1, 0.15) is 16.5 Å². The van der Waals surface area contributed by atoms with E-state index in [1.54, 1.807) is 17.4 Å². The van der Waals surface area contributed by atoms with Crippen LogP contribution >= 0.6 is 22.9 Å². The van der Waals surface area contributed by atoms with Gasteiger partial charge in [0.05, 0.1) is 11.5 Å². The first kappa shape index (κ1) is 15.2. The molecule has 1 atom stereocenters. The molecule has 0 amide bonds. The number of aromatic nitrogens is 2. The molecule has 114 valence electrons. The molecular weight excluding hydrogens is 318 g/mol. The van der Waals surface area contributed by atoms with Gasteiger partial charge in [-0.15, -0.1) is 11.3 Å². The van der Waals surface area contributed by atoms with Crippen molar-refractivity contribution < 1.29 is 5.11 Å². The van der Waals surface area contributed by atoms with Gasteiger partial charge in [-0.25, -0.2) is 9.97 Å². The van der Waals surface area contributed by atoms with Gasteiger partial charge in [0.25, 0.3) is 0 Å². The second-order valence-electron chi connectivity index (χ2n) is 4.90. The summed E-state index contributed by atoms with van der Waals surface area (Å²) in [6.45, 7) is 2.37. The summed E-state index contributed by atoms with van der Waals surface area (Å²) in [6.07, 6.45) is 0.0812. The predicted molar refractivity (Wildman–Crippen MR) is 91.7 cm³/mol. The monoisotopic (exact) mass is 333 g/mol. The van der Waals surface area contributed by atoms with E-state index in [0.29, 0.717) is 17.1 Å². The quantitative estimate of drug-likeness (QED) is 0.739. The number of aliphatic hydroxyl groups excluding tert-OH is 1. The summed E-state index contributed by atoms with van der Waals surface area (Å²) in [5, 5.41) is 17.1. The molecule has 3 aromatic rings. The average molecular weight is 334 g/mol. The highest BCUT2D eigenvalue weighted by Crippen LogP contribution is 2.27. The van der Waals surface area contributed by atoms with Crippen molar-refractivity contribution in [2.24, 2.45) is 0 Å². The Morgan fingerprint density at radius 3 is 2.86 bits per heavy atom. The molecule has 0 bridgehead atoms. The van der Waals surface area contributed by atoms with Gasteiger partial charge in [0.15, 0.2) is 0 Å². The second kappa shape index (κ2) is 6.60. The third kappa shape index (κ3) is 3.06. The lowest BCUT2D eigenvalue weighted by molar-refractivity contribution is 0.191. The molecule has 2 N–H and O–H groups in total. The molecule has 2 aromatic heterocycles. The first-order valence-electron chi connectivity index (χ1n) is 7.09. The lowest BCUT2D eigenvalue weighted by atomic mass is 10.1. The Hall–Kier alpha value is -1.69. The van der Waals surface area contributed by atoms with Crippen LogP contribution in [0.1, 0.15) is 24.4 Å². The maximum atomic E-state index is 10.3. The van der Waals surface area contributed by atoms with Crippen molar-refractivity contribution in [1.29, 1.82) is 0 Å². The molecule has 0 radical (unpaired) electrons. The summed E-state index contributed by atoms with van der Waals surface area (Å²) in [7, 11) is 0. The smallest absolute Gasteiger partial charge is 0.138 e. The Morgan fingerprint density at radius 1 is 1.27 bits per heavy atom. The number of fused-ring (bicyclic) bond motifs is 1. The SMILES string of the molecule is CCc1nc(NCC(O)c2ccccc2Cl)c2ccsc2n1. The minimum Gasteiger partial charge on any atom is -0.387 e. The minimum atomic E-state index is -0.692. The number of nitrogens with one attached hydrogen (secondary N) is 1. The number of rotatable bonds is 5. The van der Waals surface area contributed by atoms with Gasteiger partial charge in [0, 0.05) is 23.6 Å². The minimum absolute atomic E-state index is 0.342. The van der Waals surface area contributed by atoms with Gasteiger partial charge >= 0.3 is 0 Å². The Balaban J connectivity index is 1.82. The number of aryl methyl sites for hydroxylation is 1. The highest BCUT2D eigenvalue weighted by molar-refractivity contribution is 7.16. The average Bonchev–Trinajstić information content (AvgIpc) is 3.01. The molecule has 0 spiro atoms. The van der Waals surface area contributed by atoms with Gasteiger partial charge in [-0.2, -0.15) is 0 Å². The van der Waals surface area contributed by atoms with Crippen LogP contribution in [0.2, 0.25) is 5.02 Å². The number of aliphatic hydroxyl groups is 1. The first-order valence-corrected chi connectivity index (χ1v) is 8.35. The van der Waals surface area contributed by atoms with E-state index in [0.717, 1.165) is 28.3 Å². The zero-order valence-electron chi connectivity index (χ0n) is 12.1. The van der Waals surface area contributed by atoms with Crippen molar-refractivity contribution in [1.82, 2.24) is 9.97 Å². The predicted octanol–water partition coefficient (Wildman–Crippen LogP) is 4.05. The maximum absolute atomic E-state index is 10.3. The molecule has 22 heavy (non-hydrogen) atoms. The van der Waals surface area contributed by atoms with Gasteiger partial charge in [0.2, 0.25) is 0 Å². The van der Waals surface area contributed by atoms with Crippen molar-refractivity contribution >= 4 is 39.0 Å². The highest BCUT2D eigenvalue weighted by atomic mass is 35.5. The van der Waals surface area contributed by atoms with Crippen LogP contribution in [0.25, 0.3) is 10.2 Å². The van der Waals surface area contributed by atoms with Crippen LogP contribution in [0, 0.1) is 0 Å². The Morgan fingerprint density at radius 2 is 2.09 bits per heavy atom. The zero-order valence-corrected chi connectivity index (χ0v) is 13.7. The van der Waals surface area contributed by atoms with Crippen LogP contribution in [-0.2, 0) is 6.42 Å². The molecule has 0 fully saturated rings. The molecule has 0 aliphatic carbocycles. The molecule has 1 aromatic carbocycles. The van der Waals surface area contributed by atoms with Gasteiger partial charge < -0.3 is 10.4 Å².